The first kappa shape index (κ1) is 14.3. The summed E-state index contributed by atoms with van der Waals surface area (Å²) in [4.78, 5) is 19.0. The molecule has 0 radical (unpaired) electrons. The van der Waals surface area contributed by atoms with Crippen LogP contribution in [-0.2, 0) is 16.0 Å². The summed E-state index contributed by atoms with van der Waals surface area (Å²) < 4.78 is 5.15. The minimum Gasteiger partial charge on any atom is -0.481 e. The van der Waals surface area contributed by atoms with Crippen LogP contribution in [0.3, 0.4) is 0 Å². The maximum Gasteiger partial charge on any atom is 0.312 e. The number of carbonyl (C=O) groups is 1. The molecule has 2 atom stereocenters. The van der Waals surface area contributed by atoms with Crippen molar-refractivity contribution >= 4 is 22.4 Å². The Morgan fingerprint density at radius 3 is 3.05 bits per heavy atom. The van der Waals surface area contributed by atoms with Crippen molar-refractivity contribution in [2.24, 2.45) is 0 Å². The van der Waals surface area contributed by atoms with E-state index in [0.717, 1.165) is 28.5 Å². The number of aryl methyl sites for hydroxylation is 1. The van der Waals surface area contributed by atoms with Gasteiger partial charge in [-0.1, -0.05) is 0 Å². The molecule has 2 unspecified atom stereocenters. The first-order valence-electron chi connectivity index (χ1n) is 6.48. The van der Waals surface area contributed by atoms with Crippen LogP contribution in [0.5, 0.6) is 0 Å². The van der Waals surface area contributed by atoms with E-state index in [2.05, 4.69) is 16.8 Å². The van der Waals surface area contributed by atoms with Crippen LogP contribution in [0.4, 0.5) is 5.13 Å². The third-order valence-electron chi connectivity index (χ3n) is 3.61. The molecule has 1 aromatic heterocycles. The molecule has 5 nitrogen and oxygen atoms in total. The average molecular weight is 284 g/mol. The number of hydrogen-bond acceptors (Lipinski definition) is 5. The normalized spacial score (nSPS) is 19.8. The van der Waals surface area contributed by atoms with Crippen molar-refractivity contribution in [3.05, 3.63) is 10.6 Å². The van der Waals surface area contributed by atoms with Gasteiger partial charge in [-0.3, -0.25) is 4.79 Å². The molecule has 0 spiro atoms. The summed E-state index contributed by atoms with van der Waals surface area (Å²) in [7, 11) is 3.65. The van der Waals surface area contributed by atoms with Gasteiger partial charge in [-0.15, -0.1) is 11.3 Å². The Morgan fingerprint density at radius 2 is 2.42 bits per heavy atom. The van der Waals surface area contributed by atoms with Gasteiger partial charge in [0.1, 0.15) is 5.92 Å². The van der Waals surface area contributed by atoms with Gasteiger partial charge in [-0.05, 0) is 26.2 Å². The molecule has 0 aliphatic heterocycles. The van der Waals surface area contributed by atoms with Crippen molar-refractivity contribution in [3.63, 3.8) is 0 Å². The molecule has 0 fully saturated rings. The fourth-order valence-electron chi connectivity index (χ4n) is 2.34. The second kappa shape index (κ2) is 5.88. The average Bonchev–Trinajstić information content (AvgIpc) is 2.81. The Hall–Kier alpha value is -1.14. The summed E-state index contributed by atoms with van der Waals surface area (Å²) in [5, 5.41) is 10.1. The summed E-state index contributed by atoms with van der Waals surface area (Å²) >= 11 is 1.61. The molecular weight excluding hydrogens is 264 g/mol. The SMILES string of the molecule is COCC(C)N(C)c1nc2c(s1)CCCC2C(=O)O. The minimum absolute atomic E-state index is 0.223. The van der Waals surface area contributed by atoms with Crippen molar-refractivity contribution in [1.29, 1.82) is 0 Å². The predicted molar refractivity (Wildman–Crippen MR) is 75.2 cm³/mol. The highest BCUT2D eigenvalue weighted by molar-refractivity contribution is 7.15. The van der Waals surface area contributed by atoms with E-state index in [4.69, 9.17) is 4.74 Å². The number of rotatable bonds is 5. The molecular formula is C13H20N2O3S. The highest BCUT2D eigenvalue weighted by Gasteiger charge is 2.31. The monoisotopic (exact) mass is 284 g/mol. The van der Waals surface area contributed by atoms with Crippen LogP contribution < -0.4 is 4.90 Å². The van der Waals surface area contributed by atoms with Crippen molar-refractivity contribution < 1.29 is 14.6 Å². The van der Waals surface area contributed by atoms with Crippen LogP contribution in [-0.4, -0.2) is 42.9 Å². The van der Waals surface area contributed by atoms with Gasteiger partial charge < -0.3 is 14.7 Å². The van der Waals surface area contributed by atoms with Gasteiger partial charge in [-0.2, -0.15) is 0 Å². The minimum atomic E-state index is -0.759. The van der Waals surface area contributed by atoms with E-state index in [1.807, 2.05) is 7.05 Å². The van der Waals surface area contributed by atoms with E-state index in [-0.39, 0.29) is 6.04 Å². The number of nitrogens with zero attached hydrogens (tertiary/aromatic N) is 2. The molecule has 1 aliphatic rings. The van der Waals surface area contributed by atoms with E-state index >= 15 is 0 Å². The lowest BCUT2D eigenvalue weighted by Crippen LogP contribution is -2.32. The number of ether oxygens (including phenoxy) is 1. The third-order valence-corrected chi connectivity index (χ3v) is 4.83. The van der Waals surface area contributed by atoms with E-state index in [1.54, 1.807) is 18.4 Å². The number of aliphatic carboxylic acids is 1. The van der Waals surface area contributed by atoms with E-state index in [1.165, 1.54) is 0 Å². The smallest absolute Gasteiger partial charge is 0.312 e. The highest BCUT2D eigenvalue weighted by atomic mass is 32.1. The Bertz CT molecular complexity index is 461. The molecule has 6 heteroatoms. The van der Waals surface area contributed by atoms with Crippen molar-refractivity contribution in [1.82, 2.24) is 4.98 Å². The molecule has 0 bridgehead atoms. The Labute approximate surface area is 117 Å². The molecule has 1 aliphatic carbocycles. The maximum absolute atomic E-state index is 11.3. The van der Waals surface area contributed by atoms with E-state index in [0.29, 0.717) is 13.0 Å². The summed E-state index contributed by atoms with van der Waals surface area (Å²) in [5.74, 6) is -1.19. The summed E-state index contributed by atoms with van der Waals surface area (Å²) in [6.45, 7) is 2.70. The van der Waals surface area contributed by atoms with Crippen molar-refractivity contribution in [2.45, 2.75) is 38.1 Å². The van der Waals surface area contributed by atoms with Crippen molar-refractivity contribution in [3.8, 4) is 0 Å². The molecule has 1 aromatic rings. The number of aromatic nitrogens is 1. The van der Waals surface area contributed by atoms with Gasteiger partial charge >= 0.3 is 5.97 Å². The quantitative estimate of drug-likeness (QED) is 0.897. The Kier molecular flexibility index (Phi) is 4.42. The molecule has 0 amide bonds. The number of anilines is 1. The highest BCUT2D eigenvalue weighted by Crippen LogP contribution is 2.38. The summed E-state index contributed by atoms with van der Waals surface area (Å²) in [6.07, 6.45) is 2.58. The van der Waals surface area contributed by atoms with Gasteiger partial charge in [-0.25, -0.2) is 4.98 Å². The third kappa shape index (κ3) is 2.90. The first-order chi connectivity index (χ1) is 9.04. The second-order valence-electron chi connectivity index (χ2n) is 5.00. The largest absolute Gasteiger partial charge is 0.481 e. The molecule has 106 valence electrons. The van der Waals surface area contributed by atoms with Gasteiger partial charge in [0, 0.05) is 19.0 Å². The lowest BCUT2D eigenvalue weighted by atomic mass is 9.91. The molecule has 0 aromatic carbocycles. The predicted octanol–water partition coefficient (Wildman–Crippen LogP) is 2.12. The molecule has 0 saturated heterocycles. The van der Waals surface area contributed by atoms with Crippen LogP contribution in [0.1, 0.15) is 36.3 Å². The number of hydrogen-bond donors (Lipinski definition) is 1. The summed E-state index contributed by atoms with van der Waals surface area (Å²) in [5.41, 5.74) is 0.773. The van der Waals surface area contributed by atoms with Gasteiger partial charge in [0.2, 0.25) is 0 Å². The Balaban J connectivity index is 2.23. The van der Waals surface area contributed by atoms with E-state index in [9.17, 15) is 9.90 Å². The topological polar surface area (TPSA) is 62.7 Å². The van der Waals surface area contributed by atoms with Crippen LogP contribution in [0.2, 0.25) is 0 Å². The van der Waals surface area contributed by atoms with Crippen LogP contribution in [0.25, 0.3) is 0 Å². The number of carboxylic acids is 1. The van der Waals surface area contributed by atoms with Crippen LogP contribution in [0, 0.1) is 0 Å². The molecule has 1 N–H and O–H groups in total. The fraction of sp³-hybridized carbons (Fsp3) is 0.692. The zero-order valence-corrected chi connectivity index (χ0v) is 12.4. The zero-order chi connectivity index (χ0) is 14.0. The molecule has 19 heavy (non-hydrogen) atoms. The van der Waals surface area contributed by atoms with Crippen LogP contribution in [0.15, 0.2) is 0 Å². The zero-order valence-electron chi connectivity index (χ0n) is 11.5. The number of likely N-dealkylation sites (N-methyl/N-ethyl adjacent to an activating group) is 1. The molecule has 2 rings (SSSR count). The summed E-state index contributed by atoms with van der Waals surface area (Å²) in [6, 6.07) is 0.223. The maximum atomic E-state index is 11.3. The first-order valence-corrected chi connectivity index (χ1v) is 7.30. The standard InChI is InChI=1S/C13H20N2O3S/c1-8(7-18-3)15(2)13-14-11-9(12(16)17)5-4-6-10(11)19-13/h8-9H,4-7H2,1-3H3,(H,16,17). The van der Waals surface area contributed by atoms with Gasteiger partial charge in [0.05, 0.1) is 18.3 Å². The fourth-order valence-corrected chi connectivity index (χ4v) is 3.57. The number of thiazole rings is 1. The van der Waals surface area contributed by atoms with Crippen molar-refractivity contribution in [2.75, 3.05) is 25.7 Å². The lowest BCUT2D eigenvalue weighted by Gasteiger charge is -2.23. The van der Waals surface area contributed by atoms with Gasteiger partial charge in [0.15, 0.2) is 5.13 Å². The lowest BCUT2D eigenvalue weighted by molar-refractivity contribution is -0.139. The number of methoxy groups -OCH3 is 1. The van der Waals surface area contributed by atoms with Crippen LogP contribution >= 0.6 is 11.3 Å². The van der Waals surface area contributed by atoms with Gasteiger partial charge in [0.25, 0.3) is 0 Å². The number of carboxylic acid groups (broad SMARTS) is 1. The number of fused-ring (bicyclic) bond motifs is 1. The molecule has 1 heterocycles. The Morgan fingerprint density at radius 1 is 1.68 bits per heavy atom. The van der Waals surface area contributed by atoms with E-state index < -0.39 is 11.9 Å². The second-order valence-corrected chi connectivity index (χ2v) is 6.07. The molecule has 0 saturated carbocycles.